The highest BCUT2D eigenvalue weighted by molar-refractivity contribution is 6.31. The van der Waals surface area contributed by atoms with Gasteiger partial charge in [-0.3, -0.25) is 4.90 Å². The van der Waals surface area contributed by atoms with Gasteiger partial charge in [-0.05, 0) is 68.3 Å². The Morgan fingerprint density at radius 1 is 0.895 bits per heavy atom. The number of hydrogen-bond acceptors (Lipinski definition) is 4. The van der Waals surface area contributed by atoms with Crippen molar-refractivity contribution in [2.24, 2.45) is 0 Å². The number of amides is 2. The minimum absolute atomic E-state index is 0.147. The zero-order chi connectivity index (χ0) is 27.2. The minimum Gasteiger partial charge on any atom is -0.315 e. The van der Waals surface area contributed by atoms with E-state index in [0.29, 0.717) is 21.3 Å². The third-order valence-electron chi connectivity index (χ3n) is 6.69. The van der Waals surface area contributed by atoms with Gasteiger partial charge in [0.25, 0.3) is 0 Å². The molecule has 2 amide bonds. The summed E-state index contributed by atoms with van der Waals surface area (Å²) in [5.41, 5.74) is -0.789. The van der Waals surface area contributed by atoms with Gasteiger partial charge in [0.15, 0.2) is 6.17 Å². The maximum absolute atomic E-state index is 14.3. The molecule has 38 heavy (non-hydrogen) atoms. The van der Waals surface area contributed by atoms with E-state index in [1.165, 1.54) is 21.9 Å². The number of benzene rings is 3. The van der Waals surface area contributed by atoms with Crippen molar-refractivity contribution in [3.63, 3.8) is 0 Å². The van der Waals surface area contributed by atoms with Crippen molar-refractivity contribution < 1.29 is 13.7 Å². The number of carbonyl (C=O) groups excluding carboxylic acids is 1. The molecule has 4 aromatic rings. The summed E-state index contributed by atoms with van der Waals surface area (Å²) in [5, 5.41) is 0.708. The van der Waals surface area contributed by atoms with E-state index in [0.717, 1.165) is 9.31 Å². The Balaban J connectivity index is 1.63. The third-order valence-corrected chi connectivity index (χ3v) is 7.16. The van der Waals surface area contributed by atoms with Gasteiger partial charge in [0.1, 0.15) is 5.82 Å². The fraction of sp³-hybridized carbons (Fsp3) is 0.222. The second-order valence-corrected chi connectivity index (χ2v) is 10.3. The highest BCUT2D eigenvalue weighted by Crippen LogP contribution is 2.42. The van der Waals surface area contributed by atoms with E-state index in [1.54, 1.807) is 74.5 Å². The zero-order valence-electron chi connectivity index (χ0n) is 20.5. The predicted molar refractivity (Wildman–Crippen MR) is 143 cm³/mol. The molecule has 1 saturated heterocycles. The molecule has 1 fully saturated rings. The van der Waals surface area contributed by atoms with E-state index in [4.69, 9.17) is 27.7 Å². The molecule has 1 aromatic heterocycles. The Kier molecular flexibility index (Phi) is 6.66. The lowest BCUT2D eigenvalue weighted by Crippen LogP contribution is -2.47. The highest BCUT2D eigenvalue weighted by Gasteiger charge is 2.55. The van der Waals surface area contributed by atoms with Gasteiger partial charge in [-0.2, -0.15) is 4.57 Å². The molecule has 0 bridgehead atoms. The molecule has 0 aliphatic carbocycles. The van der Waals surface area contributed by atoms with Crippen molar-refractivity contribution in [2.75, 3.05) is 11.4 Å². The number of nitrogens with zero attached hydrogens (tertiary/aromatic N) is 4. The van der Waals surface area contributed by atoms with Crippen molar-refractivity contribution in [2.45, 2.75) is 32.0 Å². The van der Waals surface area contributed by atoms with Gasteiger partial charge in [-0.15, -0.1) is 4.74 Å². The standard InChI is InChI=1S/C27H23Cl2FN4O4/c1-27(2)23(34-25(36)33(26(37)38-34)21-11-6-9-19(29)16-21)32(20-10-5-8-18(28)15-20)24(35)31(27)14-13-17-7-3-4-12-22(17)30/h3-12,15-16,23H,13-14H2,1-2H3/t23-/m0/s1. The molecule has 0 radical (unpaired) electrons. The lowest BCUT2D eigenvalue weighted by Gasteiger charge is -2.34. The largest absolute Gasteiger partial charge is 0.447 e. The topological polar surface area (TPSA) is 80.7 Å². The first-order chi connectivity index (χ1) is 18.1. The Morgan fingerprint density at radius 2 is 1.53 bits per heavy atom. The van der Waals surface area contributed by atoms with Crippen molar-refractivity contribution in [3.05, 3.63) is 115 Å². The molecule has 0 unspecified atom stereocenters. The molecule has 5 rings (SSSR count). The third kappa shape index (κ3) is 4.41. The molecule has 1 atom stereocenters. The molecular weight excluding hydrogens is 534 g/mol. The average molecular weight is 557 g/mol. The second kappa shape index (κ2) is 9.81. The van der Waals surface area contributed by atoms with Gasteiger partial charge in [-0.25, -0.2) is 18.8 Å². The Morgan fingerprint density at radius 3 is 2.18 bits per heavy atom. The summed E-state index contributed by atoms with van der Waals surface area (Å²) in [5.74, 6) is -1.31. The van der Waals surface area contributed by atoms with E-state index in [9.17, 15) is 18.8 Å². The van der Waals surface area contributed by atoms with Crippen LogP contribution >= 0.6 is 23.2 Å². The van der Waals surface area contributed by atoms with Crippen LogP contribution in [0.4, 0.5) is 14.9 Å². The monoisotopic (exact) mass is 556 g/mol. The average Bonchev–Trinajstić information content (AvgIpc) is 3.26. The summed E-state index contributed by atoms with van der Waals surface area (Å²) in [6.45, 7) is 3.66. The number of carbonyl (C=O) groups is 1. The molecule has 0 spiro atoms. The second-order valence-electron chi connectivity index (χ2n) is 9.43. The normalized spacial score (nSPS) is 16.9. The van der Waals surface area contributed by atoms with Crippen LogP contribution < -0.4 is 16.3 Å². The van der Waals surface area contributed by atoms with Gasteiger partial charge in [0, 0.05) is 22.3 Å². The van der Waals surface area contributed by atoms with Crippen LogP contribution in [-0.2, 0) is 6.42 Å². The first-order valence-electron chi connectivity index (χ1n) is 11.8. The lowest BCUT2D eigenvalue weighted by atomic mass is 9.99. The van der Waals surface area contributed by atoms with Gasteiger partial charge >= 0.3 is 17.5 Å². The fourth-order valence-electron chi connectivity index (χ4n) is 4.85. The van der Waals surface area contributed by atoms with E-state index in [1.807, 2.05) is 0 Å². The number of urea groups is 1. The quantitative estimate of drug-likeness (QED) is 0.314. The van der Waals surface area contributed by atoms with Crippen LogP contribution in [0.5, 0.6) is 0 Å². The van der Waals surface area contributed by atoms with E-state index in [2.05, 4.69) is 0 Å². The van der Waals surface area contributed by atoms with Crippen LogP contribution in [-0.4, -0.2) is 32.3 Å². The molecular formula is C27H23Cl2FN4O4. The van der Waals surface area contributed by atoms with E-state index in [-0.39, 0.29) is 24.5 Å². The molecule has 0 saturated carbocycles. The Hall–Kier alpha value is -3.82. The summed E-state index contributed by atoms with van der Waals surface area (Å²) in [6.07, 6.45) is -0.838. The Labute approximate surface area is 227 Å². The summed E-state index contributed by atoms with van der Waals surface area (Å²) in [6, 6.07) is 18.7. The minimum atomic E-state index is -1.08. The number of halogens is 3. The van der Waals surface area contributed by atoms with Crippen molar-refractivity contribution in [1.29, 1.82) is 0 Å². The number of aromatic nitrogens is 2. The fourth-order valence-corrected chi connectivity index (χ4v) is 5.22. The molecule has 2 heterocycles. The van der Waals surface area contributed by atoms with Crippen LogP contribution in [0.15, 0.2) is 86.9 Å². The smallest absolute Gasteiger partial charge is 0.315 e. The maximum atomic E-state index is 14.3. The first-order valence-corrected chi connectivity index (χ1v) is 12.6. The Bertz CT molecular complexity index is 1640. The number of rotatable bonds is 6. The maximum Gasteiger partial charge on any atom is 0.447 e. The van der Waals surface area contributed by atoms with Crippen LogP contribution in [0.25, 0.3) is 5.69 Å². The highest BCUT2D eigenvalue weighted by atomic mass is 35.5. The molecule has 196 valence electrons. The first kappa shape index (κ1) is 25.8. The van der Waals surface area contributed by atoms with Crippen LogP contribution in [0.2, 0.25) is 10.0 Å². The summed E-state index contributed by atoms with van der Waals surface area (Å²) >= 11 is 12.3. The van der Waals surface area contributed by atoms with Crippen molar-refractivity contribution in [3.8, 4) is 5.69 Å². The molecule has 0 N–H and O–H groups in total. The predicted octanol–water partition coefficient (Wildman–Crippen LogP) is 5.50. The van der Waals surface area contributed by atoms with Gasteiger partial charge in [-0.1, -0.05) is 53.5 Å². The van der Waals surface area contributed by atoms with Crippen LogP contribution in [0.3, 0.4) is 0 Å². The zero-order valence-corrected chi connectivity index (χ0v) is 22.0. The molecule has 1 aliphatic heterocycles. The molecule has 11 heteroatoms. The van der Waals surface area contributed by atoms with Gasteiger partial charge in [0.05, 0.1) is 11.2 Å². The SMILES string of the molecule is CC1(C)[C@H](n2oc(=O)n(-c3cccc(Cl)c3)c2=O)N(c2cccc(Cl)c2)C(=O)N1CCc1ccccc1F. The van der Waals surface area contributed by atoms with Crippen molar-refractivity contribution in [1.82, 2.24) is 14.2 Å². The van der Waals surface area contributed by atoms with Crippen molar-refractivity contribution >= 4 is 34.9 Å². The summed E-state index contributed by atoms with van der Waals surface area (Å²) < 4.78 is 21.6. The van der Waals surface area contributed by atoms with Crippen LogP contribution in [0, 0.1) is 5.82 Å². The van der Waals surface area contributed by atoms with Gasteiger partial charge < -0.3 is 9.42 Å². The van der Waals surface area contributed by atoms with E-state index >= 15 is 0 Å². The number of hydrogen-bond donors (Lipinski definition) is 0. The number of anilines is 1. The molecule has 1 aliphatic rings. The van der Waals surface area contributed by atoms with Gasteiger partial charge in [0.2, 0.25) is 0 Å². The summed E-state index contributed by atoms with van der Waals surface area (Å²) in [4.78, 5) is 43.3. The lowest BCUT2D eigenvalue weighted by molar-refractivity contribution is 0.0974. The molecule has 3 aromatic carbocycles. The van der Waals surface area contributed by atoms with Crippen LogP contribution in [0.1, 0.15) is 25.6 Å². The molecule has 8 nitrogen and oxygen atoms in total. The van der Waals surface area contributed by atoms with E-state index < -0.39 is 29.2 Å². The summed E-state index contributed by atoms with van der Waals surface area (Å²) in [7, 11) is 0.